The van der Waals surface area contributed by atoms with Gasteiger partial charge in [-0.1, -0.05) is 28.0 Å². The Morgan fingerprint density at radius 1 is 1.45 bits per heavy atom. The molecule has 1 saturated heterocycles. The number of halogens is 2. The van der Waals surface area contributed by atoms with Crippen molar-refractivity contribution in [1.82, 2.24) is 15.5 Å². The molecule has 0 saturated carbocycles. The van der Waals surface area contributed by atoms with E-state index < -0.39 is 0 Å². The van der Waals surface area contributed by atoms with Crippen molar-refractivity contribution in [3.63, 3.8) is 0 Å². The van der Waals surface area contributed by atoms with Crippen LogP contribution in [0.3, 0.4) is 0 Å². The molecular formula is C14H15BrFN3O. The van der Waals surface area contributed by atoms with Gasteiger partial charge in [-0.3, -0.25) is 0 Å². The van der Waals surface area contributed by atoms with Gasteiger partial charge in [0.15, 0.2) is 0 Å². The van der Waals surface area contributed by atoms with Crippen LogP contribution in [0.4, 0.5) is 4.39 Å². The zero-order chi connectivity index (χ0) is 14.1. The second kappa shape index (κ2) is 5.61. The lowest BCUT2D eigenvalue weighted by Gasteiger charge is -2.26. The third-order valence-electron chi connectivity index (χ3n) is 3.65. The molecule has 0 spiro atoms. The molecule has 2 atom stereocenters. The maximum absolute atomic E-state index is 13.3. The van der Waals surface area contributed by atoms with E-state index in [2.05, 4.69) is 38.3 Å². The molecular weight excluding hydrogens is 325 g/mol. The van der Waals surface area contributed by atoms with Gasteiger partial charge in [0.05, 0.1) is 6.04 Å². The number of piperidine rings is 1. The lowest BCUT2D eigenvalue weighted by Crippen LogP contribution is -2.33. The lowest BCUT2D eigenvalue weighted by molar-refractivity contribution is 0.239. The third kappa shape index (κ3) is 2.62. The Kier molecular flexibility index (Phi) is 3.85. The zero-order valence-corrected chi connectivity index (χ0v) is 12.7. The molecule has 2 aromatic rings. The molecule has 0 amide bonds. The normalized spacial score (nSPS) is 22.9. The number of rotatable bonds is 2. The highest BCUT2D eigenvalue weighted by atomic mass is 79.9. The summed E-state index contributed by atoms with van der Waals surface area (Å²) in [5.74, 6) is 1.11. The maximum atomic E-state index is 13.3. The van der Waals surface area contributed by atoms with Crippen LogP contribution in [-0.4, -0.2) is 16.7 Å². The van der Waals surface area contributed by atoms with Crippen LogP contribution in [0.2, 0.25) is 0 Å². The van der Waals surface area contributed by atoms with Crippen LogP contribution in [0.5, 0.6) is 0 Å². The van der Waals surface area contributed by atoms with Crippen molar-refractivity contribution in [2.75, 3.05) is 6.54 Å². The topological polar surface area (TPSA) is 51.0 Å². The van der Waals surface area contributed by atoms with Gasteiger partial charge in [0, 0.05) is 10.0 Å². The Morgan fingerprint density at radius 3 is 3.10 bits per heavy atom. The second-order valence-electron chi connectivity index (χ2n) is 5.13. The molecule has 1 N–H and O–H groups in total. The minimum absolute atomic E-state index is 0.0809. The van der Waals surface area contributed by atoms with Crippen LogP contribution in [0.25, 0.3) is 11.4 Å². The zero-order valence-electron chi connectivity index (χ0n) is 11.1. The van der Waals surface area contributed by atoms with E-state index in [-0.39, 0.29) is 11.9 Å². The first kappa shape index (κ1) is 13.7. The van der Waals surface area contributed by atoms with E-state index in [4.69, 9.17) is 4.52 Å². The largest absolute Gasteiger partial charge is 0.337 e. The summed E-state index contributed by atoms with van der Waals surface area (Å²) < 4.78 is 19.4. The smallest absolute Gasteiger partial charge is 0.244 e. The minimum atomic E-state index is -0.321. The Morgan fingerprint density at radius 2 is 2.30 bits per heavy atom. The Hall–Kier alpha value is -1.27. The fourth-order valence-corrected chi connectivity index (χ4v) is 2.94. The van der Waals surface area contributed by atoms with E-state index in [9.17, 15) is 4.39 Å². The second-order valence-corrected chi connectivity index (χ2v) is 5.99. The van der Waals surface area contributed by atoms with E-state index in [1.165, 1.54) is 12.1 Å². The minimum Gasteiger partial charge on any atom is -0.337 e. The number of hydrogen-bond acceptors (Lipinski definition) is 4. The predicted molar refractivity (Wildman–Crippen MR) is 76.5 cm³/mol. The van der Waals surface area contributed by atoms with E-state index in [1.54, 1.807) is 6.07 Å². The molecule has 3 rings (SSSR count). The van der Waals surface area contributed by atoms with Crippen molar-refractivity contribution in [3.8, 4) is 11.4 Å². The van der Waals surface area contributed by atoms with Crippen LogP contribution >= 0.6 is 15.9 Å². The molecule has 6 heteroatoms. The number of aromatic nitrogens is 2. The number of hydrogen-bond donors (Lipinski definition) is 1. The Bertz CT molecular complexity index is 616. The number of nitrogens with zero attached hydrogens (tertiary/aromatic N) is 2. The van der Waals surface area contributed by atoms with Gasteiger partial charge in [0.25, 0.3) is 0 Å². The summed E-state index contributed by atoms with van der Waals surface area (Å²) >= 11 is 3.38. The first-order valence-corrected chi connectivity index (χ1v) is 7.47. The first-order valence-electron chi connectivity index (χ1n) is 6.67. The van der Waals surface area contributed by atoms with Crippen molar-refractivity contribution in [3.05, 3.63) is 34.4 Å². The molecule has 1 aromatic carbocycles. The van der Waals surface area contributed by atoms with E-state index in [1.807, 2.05) is 0 Å². The van der Waals surface area contributed by atoms with E-state index in [0.29, 0.717) is 23.2 Å². The van der Waals surface area contributed by atoms with Crippen LogP contribution in [-0.2, 0) is 0 Å². The number of nitrogens with one attached hydrogen (secondary N) is 1. The monoisotopic (exact) mass is 339 g/mol. The third-order valence-corrected chi connectivity index (χ3v) is 4.34. The number of benzene rings is 1. The van der Waals surface area contributed by atoms with Crippen LogP contribution < -0.4 is 5.32 Å². The maximum Gasteiger partial charge on any atom is 0.244 e. The molecule has 2 unspecified atom stereocenters. The van der Waals surface area contributed by atoms with Gasteiger partial charge in [-0.2, -0.15) is 4.98 Å². The molecule has 106 valence electrons. The standard InChI is InChI=1S/C14H15BrFN3O/c1-8-3-2-6-17-12(8)14-18-13(19-20-14)10-7-9(16)4-5-11(10)15/h4-5,7-8,12,17H,2-3,6H2,1H3. The Labute approximate surface area is 124 Å². The van der Waals surface area contributed by atoms with Gasteiger partial charge >= 0.3 is 0 Å². The van der Waals surface area contributed by atoms with Crippen molar-refractivity contribution >= 4 is 15.9 Å². The van der Waals surface area contributed by atoms with Crippen molar-refractivity contribution in [2.24, 2.45) is 5.92 Å². The molecule has 0 radical (unpaired) electrons. The molecule has 0 bridgehead atoms. The SMILES string of the molecule is CC1CCCNC1c1nc(-c2cc(F)ccc2Br)no1. The average molecular weight is 340 g/mol. The molecule has 2 heterocycles. The molecule has 1 aliphatic heterocycles. The summed E-state index contributed by atoms with van der Waals surface area (Å²) in [5, 5.41) is 7.37. The molecule has 1 aromatic heterocycles. The highest BCUT2D eigenvalue weighted by Crippen LogP contribution is 2.31. The molecule has 1 aliphatic rings. The van der Waals surface area contributed by atoms with Gasteiger partial charge in [-0.05, 0) is 43.5 Å². The van der Waals surface area contributed by atoms with Crippen molar-refractivity contribution in [2.45, 2.75) is 25.8 Å². The van der Waals surface area contributed by atoms with Gasteiger partial charge in [0.1, 0.15) is 5.82 Å². The molecule has 0 aliphatic carbocycles. The summed E-state index contributed by atoms with van der Waals surface area (Å²) in [7, 11) is 0. The molecule has 20 heavy (non-hydrogen) atoms. The summed E-state index contributed by atoms with van der Waals surface area (Å²) in [6.07, 6.45) is 2.30. The molecule has 1 fully saturated rings. The van der Waals surface area contributed by atoms with Gasteiger partial charge in [-0.25, -0.2) is 4.39 Å². The fourth-order valence-electron chi connectivity index (χ4n) is 2.52. The van der Waals surface area contributed by atoms with Crippen molar-refractivity contribution < 1.29 is 8.91 Å². The van der Waals surface area contributed by atoms with Crippen LogP contribution in [0.15, 0.2) is 27.2 Å². The summed E-state index contributed by atoms with van der Waals surface area (Å²) in [5.41, 5.74) is 0.600. The van der Waals surface area contributed by atoms with E-state index in [0.717, 1.165) is 23.9 Å². The quantitative estimate of drug-likeness (QED) is 0.906. The lowest BCUT2D eigenvalue weighted by atomic mass is 9.93. The van der Waals surface area contributed by atoms with Gasteiger partial charge < -0.3 is 9.84 Å². The summed E-state index contributed by atoms with van der Waals surface area (Å²) in [6.45, 7) is 3.12. The van der Waals surface area contributed by atoms with E-state index >= 15 is 0 Å². The first-order chi connectivity index (χ1) is 9.65. The Balaban J connectivity index is 1.91. The molecule has 4 nitrogen and oxygen atoms in total. The summed E-state index contributed by atoms with van der Waals surface area (Å²) in [4.78, 5) is 4.42. The highest BCUT2D eigenvalue weighted by Gasteiger charge is 2.27. The summed E-state index contributed by atoms with van der Waals surface area (Å²) in [6, 6.07) is 4.51. The average Bonchev–Trinajstić information content (AvgIpc) is 2.91. The van der Waals surface area contributed by atoms with Crippen LogP contribution in [0, 0.1) is 11.7 Å². The predicted octanol–water partition coefficient (Wildman–Crippen LogP) is 3.70. The van der Waals surface area contributed by atoms with Crippen LogP contribution in [0.1, 0.15) is 31.7 Å². The van der Waals surface area contributed by atoms with Gasteiger partial charge in [0.2, 0.25) is 11.7 Å². The van der Waals surface area contributed by atoms with Gasteiger partial charge in [-0.15, -0.1) is 0 Å². The highest BCUT2D eigenvalue weighted by molar-refractivity contribution is 9.10. The van der Waals surface area contributed by atoms with Crippen molar-refractivity contribution in [1.29, 1.82) is 0 Å². The fraction of sp³-hybridized carbons (Fsp3) is 0.429.